The third kappa shape index (κ3) is 3.52. The van der Waals surface area contributed by atoms with E-state index >= 15 is 0 Å². The second kappa shape index (κ2) is 6.89. The molecule has 1 saturated heterocycles. The molecular formula is C16H19N3O3. The average Bonchev–Trinajstić information content (AvgIpc) is 2.92. The van der Waals surface area contributed by atoms with Crippen molar-refractivity contribution in [2.75, 3.05) is 23.3 Å². The lowest BCUT2D eigenvalue weighted by Gasteiger charge is -2.19. The number of carbonyl (C=O) groups is 3. The van der Waals surface area contributed by atoms with Crippen LogP contribution in [0.15, 0.2) is 30.9 Å². The molecule has 6 nitrogen and oxygen atoms in total. The Morgan fingerprint density at radius 3 is 2.77 bits per heavy atom. The Labute approximate surface area is 129 Å². The molecule has 0 aromatic heterocycles. The minimum absolute atomic E-state index is 0.0790. The van der Waals surface area contributed by atoms with Gasteiger partial charge in [-0.15, -0.1) is 6.58 Å². The lowest BCUT2D eigenvalue weighted by Crippen LogP contribution is -2.35. The Morgan fingerprint density at radius 2 is 2.14 bits per heavy atom. The van der Waals surface area contributed by atoms with Crippen molar-refractivity contribution in [3.63, 3.8) is 0 Å². The predicted octanol–water partition coefficient (Wildman–Crippen LogP) is 1.36. The fourth-order valence-corrected chi connectivity index (χ4v) is 2.31. The number of rotatable bonds is 4. The van der Waals surface area contributed by atoms with E-state index in [1.54, 1.807) is 17.0 Å². The lowest BCUT2D eigenvalue weighted by molar-refractivity contribution is -0.136. The molecule has 2 N–H and O–H groups in total. The summed E-state index contributed by atoms with van der Waals surface area (Å²) in [5, 5.41) is 4.94. The van der Waals surface area contributed by atoms with Crippen molar-refractivity contribution in [3.05, 3.63) is 36.4 Å². The van der Waals surface area contributed by atoms with Gasteiger partial charge >= 0.3 is 11.8 Å². The molecule has 0 radical (unpaired) electrons. The number of nitrogens with one attached hydrogen (secondary N) is 2. The standard InChI is InChI=1S/C16H19N3O3/c1-3-8-17-15(21)16(22)18-12-7-6-11(2)13(10-12)19-9-4-5-14(19)20/h3,6-7,10H,1,4-5,8-9H2,2H3,(H,17,21)(H,18,22). The first kappa shape index (κ1) is 15.8. The summed E-state index contributed by atoms with van der Waals surface area (Å²) >= 11 is 0. The Morgan fingerprint density at radius 1 is 1.36 bits per heavy atom. The van der Waals surface area contributed by atoms with E-state index < -0.39 is 11.8 Å². The van der Waals surface area contributed by atoms with Gasteiger partial charge in [0.15, 0.2) is 0 Å². The molecule has 1 fully saturated rings. The summed E-state index contributed by atoms with van der Waals surface area (Å²) in [6.07, 6.45) is 2.87. The van der Waals surface area contributed by atoms with E-state index in [1.807, 2.05) is 13.0 Å². The quantitative estimate of drug-likeness (QED) is 0.651. The summed E-state index contributed by atoms with van der Waals surface area (Å²) in [5.41, 5.74) is 2.20. The molecule has 1 heterocycles. The third-order valence-electron chi connectivity index (χ3n) is 3.44. The molecule has 22 heavy (non-hydrogen) atoms. The molecule has 1 aliphatic rings. The van der Waals surface area contributed by atoms with E-state index in [0.29, 0.717) is 18.7 Å². The van der Waals surface area contributed by atoms with Crippen molar-refractivity contribution in [3.8, 4) is 0 Å². The van der Waals surface area contributed by atoms with E-state index in [4.69, 9.17) is 0 Å². The highest BCUT2D eigenvalue weighted by atomic mass is 16.2. The van der Waals surface area contributed by atoms with Gasteiger partial charge in [-0.2, -0.15) is 0 Å². The highest BCUT2D eigenvalue weighted by Gasteiger charge is 2.23. The van der Waals surface area contributed by atoms with Crippen LogP contribution in [0.3, 0.4) is 0 Å². The van der Waals surface area contributed by atoms with Crippen LogP contribution in [0, 0.1) is 6.92 Å². The van der Waals surface area contributed by atoms with Crippen LogP contribution in [-0.4, -0.2) is 30.8 Å². The maximum absolute atomic E-state index is 11.9. The van der Waals surface area contributed by atoms with Gasteiger partial charge < -0.3 is 15.5 Å². The Hall–Kier alpha value is -2.63. The van der Waals surface area contributed by atoms with Gasteiger partial charge in [-0.3, -0.25) is 14.4 Å². The molecule has 0 atom stereocenters. The molecular weight excluding hydrogens is 282 g/mol. The van der Waals surface area contributed by atoms with Gasteiger partial charge in [0.25, 0.3) is 0 Å². The van der Waals surface area contributed by atoms with Gasteiger partial charge in [0.05, 0.1) is 0 Å². The van der Waals surface area contributed by atoms with E-state index in [2.05, 4.69) is 17.2 Å². The number of hydrogen-bond donors (Lipinski definition) is 2. The Bertz CT molecular complexity index is 625. The monoisotopic (exact) mass is 301 g/mol. The first-order chi connectivity index (χ1) is 10.5. The maximum Gasteiger partial charge on any atom is 0.313 e. The SMILES string of the molecule is C=CCNC(=O)C(=O)Nc1ccc(C)c(N2CCCC2=O)c1. The molecule has 1 aliphatic heterocycles. The summed E-state index contributed by atoms with van der Waals surface area (Å²) in [4.78, 5) is 36.9. The smallest absolute Gasteiger partial charge is 0.313 e. The summed E-state index contributed by atoms with van der Waals surface area (Å²) in [7, 11) is 0. The fraction of sp³-hybridized carbons (Fsp3) is 0.312. The van der Waals surface area contributed by atoms with Gasteiger partial charge in [0.1, 0.15) is 0 Å². The van der Waals surface area contributed by atoms with Gasteiger partial charge in [0, 0.05) is 30.9 Å². The van der Waals surface area contributed by atoms with Crippen LogP contribution in [0.1, 0.15) is 18.4 Å². The largest absolute Gasteiger partial charge is 0.344 e. The molecule has 1 aromatic rings. The zero-order valence-electron chi connectivity index (χ0n) is 12.5. The van der Waals surface area contributed by atoms with Crippen LogP contribution >= 0.6 is 0 Å². The number of anilines is 2. The minimum Gasteiger partial charge on any atom is -0.344 e. The van der Waals surface area contributed by atoms with Gasteiger partial charge in [-0.05, 0) is 31.0 Å². The van der Waals surface area contributed by atoms with Gasteiger partial charge in [-0.25, -0.2) is 0 Å². The third-order valence-corrected chi connectivity index (χ3v) is 3.44. The zero-order chi connectivity index (χ0) is 16.1. The molecule has 2 rings (SSSR count). The average molecular weight is 301 g/mol. The van der Waals surface area contributed by atoms with Gasteiger partial charge in [-0.1, -0.05) is 12.1 Å². The maximum atomic E-state index is 11.9. The lowest BCUT2D eigenvalue weighted by atomic mass is 10.1. The zero-order valence-corrected chi connectivity index (χ0v) is 12.5. The molecule has 0 saturated carbocycles. The number of amides is 3. The van der Waals surface area contributed by atoms with Crippen molar-refractivity contribution in [1.82, 2.24) is 5.32 Å². The summed E-state index contributed by atoms with van der Waals surface area (Å²) in [6, 6.07) is 5.24. The van der Waals surface area contributed by atoms with Crippen molar-refractivity contribution in [2.24, 2.45) is 0 Å². The number of aryl methyl sites for hydroxylation is 1. The predicted molar refractivity (Wildman–Crippen MR) is 84.6 cm³/mol. The highest BCUT2D eigenvalue weighted by Crippen LogP contribution is 2.28. The molecule has 1 aromatic carbocycles. The van der Waals surface area contributed by atoms with Crippen LogP contribution in [0.4, 0.5) is 11.4 Å². The fourth-order valence-electron chi connectivity index (χ4n) is 2.31. The summed E-state index contributed by atoms with van der Waals surface area (Å²) in [5.74, 6) is -1.39. The molecule has 3 amide bonds. The first-order valence-corrected chi connectivity index (χ1v) is 7.14. The summed E-state index contributed by atoms with van der Waals surface area (Å²) in [6.45, 7) is 6.28. The van der Waals surface area contributed by atoms with E-state index in [9.17, 15) is 14.4 Å². The molecule has 0 bridgehead atoms. The second-order valence-electron chi connectivity index (χ2n) is 5.10. The topological polar surface area (TPSA) is 78.5 Å². The van der Waals surface area contributed by atoms with Crippen molar-refractivity contribution in [1.29, 1.82) is 0 Å². The van der Waals surface area contributed by atoms with Crippen LogP contribution in [0.25, 0.3) is 0 Å². The highest BCUT2D eigenvalue weighted by molar-refractivity contribution is 6.39. The van der Waals surface area contributed by atoms with Crippen LogP contribution in [-0.2, 0) is 14.4 Å². The normalized spacial score (nSPS) is 13.9. The van der Waals surface area contributed by atoms with Gasteiger partial charge in [0.2, 0.25) is 5.91 Å². The van der Waals surface area contributed by atoms with Crippen LogP contribution in [0.2, 0.25) is 0 Å². The van der Waals surface area contributed by atoms with Crippen LogP contribution < -0.4 is 15.5 Å². The minimum atomic E-state index is -0.746. The van der Waals surface area contributed by atoms with Crippen LogP contribution in [0.5, 0.6) is 0 Å². The van der Waals surface area contributed by atoms with Crippen molar-refractivity contribution in [2.45, 2.75) is 19.8 Å². The second-order valence-corrected chi connectivity index (χ2v) is 5.10. The van der Waals surface area contributed by atoms with Crippen molar-refractivity contribution >= 4 is 29.1 Å². The molecule has 6 heteroatoms. The number of benzene rings is 1. The summed E-state index contributed by atoms with van der Waals surface area (Å²) < 4.78 is 0. The van der Waals surface area contributed by atoms with E-state index in [0.717, 1.165) is 17.7 Å². The van der Waals surface area contributed by atoms with E-state index in [1.165, 1.54) is 6.08 Å². The van der Waals surface area contributed by atoms with E-state index in [-0.39, 0.29) is 12.5 Å². The Kier molecular flexibility index (Phi) is 4.93. The molecule has 116 valence electrons. The first-order valence-electron chi connectivity index (χ1n) is 7.14. The number of hydrogen-bond acceptors (Lipinski definition) is 3. The Balaban J connectivity index is 2.12. The van der Waals surface area contributed by atoms with Crippen molar-refractivity contribution < 1.29 is 14.4 Å². The number of nitrogens with zero attached hydrogens (tertiary/aromatic N) is 1. The number of carbonyl (C=O) groups excluding carboxylic acids is 3. The molecule has 0 spiro atoms. The molecule has 0 unspecified atom stereocenters. The molecule has 0 aliphatic carbocycles.